The van der Waals surface area contributed by atoms with Crippen LogP contribution >= 0.6 is 0 Å². The van der Waals surface area contributed by atoms with Crippen LogP contribution in [-0.2, 0) is 0 Å². The van der Waals surface area contributed by atoms with Gasteiger partial charge in [-0.25, -0.2) is 0 Å². The maximum absolute atomic E-state index is 2.26. The van der Waals surface area contributed by atoms with Gasteiger partial charge < -0.3 is 0 Å². The average Bonchev–Trinajstić information content (AvgIpc) is 2.10. The lowest BCUT2D eigenvalue weighted by Crippen LogP contribution is -1.84. The molecule has 0 saturated carbocycles. The van der Waals surface area contributed by atoms with Crippen LogP contribution in [0.4, 0.5) is 0 Å². The minimum absolute atomic E-state index is 1.17. The van der Waals surface area contributed by atoms with E-state index in [1.807, 2.05) is 0 Å². The Kier molecular flexibility index (Phi) is 3.75. The highest BCUT2D eigenvalue weighted by Crippen LogP contribution is 2.15. The number of unbranched alkanes of at least 4 members (excludes halogenated alkanes) is 1. The minimum atomic E-state index is 1.17. The zero-order valence-corrected chi connectivity index (χ0v) is 8.80. The second kappa shape index (κ2) is 4.86. The summed E-state index contributed by atoms with van der Waals surface area (Å²) in [6.45, 7) is 6.53. The van der Waals surface area contributed by atoms with Gasteiger partial charge in [0.25, 0.3) is 0 Å². The highest BCUT2D eigenvalue weighted by molar-refractivity contribution is 5.57. The van der Waals surface area contributed by atoms with Crippen molar-refractivity contribution < 1.29 is 0 Å². The molecule has 0 fully saturated rings. The van der Waals surface area contributed by atoms with E-state index in [2.05, 4.69) is 51.1 Å². The summed E-state index contributed by atoms with van der Waals surface area (Å²) in [5.74, 6) is 0. The highest BCUT2D eigenvalue weighted by atomic mass is 14.0. The molecule has 0 nitrogen and oxygen atoms in total. The molecular weight excluding hydrogens is 156 g/mol. The summed E-state index contributed by atoms with van der Waals surface area (Å²) in [4.78, 5) is 0. The number of benzene rings is 1. The van der Waals surface area contributed by atoms with Crippen LogP contribution in [0.1, 0.15) is 36.5 Å². The predicted octanol–water partition coefficient (Wildman–Crippen LogP) is 4.12. The minimum Gasteiger partial charge on any atom is -0.0839 e. The Bertz CT molecular complexity index is 275. The van der Waals surface area contributed by atoms with Crippen molar-refractivity contribution in [3.05, 3.63) is 41.0 Å². The Morgan fingerprint density at radius 2 is 1.77 bits per heavy atom. The molecule has 0 atom stereocenters. The van der Waals surface area contributed by atoms with Crippen LogP contribution in [0.15, 0.2) is 24.3 Å². The number of allylic oxidation sites excluding steroid dienone is 1. The lowest BCUT2D eigenvalue weighted by molar-refractivity contribution is 0.962. The van der Waals surface area contributed by atoms with Gasteiger partial charge in [0.05, 0.1) is 0 Å². The molecule has 0 radical (unpaired) electrons. The molecule has 0 N–H and O–H groups in total. The first-order valence-corrected chi connectivity index (χ1v) is 4.98. The molecule has 0 aliphatic carbocycles. The lowest BCUT2D eigenvalue weighted by atomic mass is 10.0. The van der Waals surface area contributed by atoms with E-state index in [0.29, 0.717) is 0 Å². The van der Waals surface area contributed by atoms with Crippen LogP contribution in [0.2, 0.25) is 0 Å². The van der Waals surface area contributed by atoms with Gasteiger partial charge in [0, 0.05) is 0 Å². The molecule has 0 amide bonds. The Labute approximate surface area is 81.3 Å². The smallest absolute Gasteiger partial charge is 0.0201 e. The van der Waals surface area contributed by atoms with Crippen molar-refractivity contribution >= 4 is 6.08 Å². The monoisotopic (exact) mass is 174 g/mol. The topological polar surface area (TPSA) is 0 Å². The third-order valence-corrected chi connectivity index (χ3v) is 2.28. The van der Waals surface area contributed by atoms with Crippen LogP contribution < -0.4 is 0 Å². The van der Waals surface area contributed by atoms with E-state index < -0.39 is 0 Å². The summed E-state index contributed by atoms with van der Waals surface area (Å²) in [7, 11) is 0. The van der Waals surface area contributed by atoms with Gasteiger partial charge in [-0.1, -0.05) is 43.7 Å². The van der Waals surface area contributed by atoms with Crippen LogP contribution in [0.5, 0.6) is 0 Å². The van der Waals surface area contributed by atoms with Crippen molar-refractivity contribution in [1.29, 1.82) is 0 Å². The average molecular weight is 174 g/mol. The first-order chi connectivity index (χ1) is 6.25. The summed E-state index contributed by atoms with van der Waals surface area (Å²) in [5, 5.41) is 0. The van der Waals surface area contributed by atoms with Crippen LogP contribution in [0.25, 0.3) is 6.08 Å². The van der Waals surface area contributed by atoms with E-state index in [1.165, 1.54) is 29.5 Å². The summed E-state index contributed by atoms with van der Waals surface area (Å²) in [6, 6.07) is 6.44. The van der Waals surface area contributed by atoms with E-state index in [4.69, 9.17) is 0 Å². The van der Waals surface area contributed by atoms with Gasteiger partial charge in [-0.2, -0.15) is 0 Å². The van der Waals surface area contributed by atoms with Crippen molar-refractivity contribution in [2.45, 2.75) is 33.6 Å². The van der Waals surface area contributed by atoms with Crippen molar-refractivity contribution in [2.24, 2.45) is 0 Å². The summed E-state index contributed by atoms with van der Waals surface area (Å²) in [6.07, 6.45) is 6.90. The lowest BCUT2D eigenvalue weighted by Gasteiger charge is -2.03. The first kappa shape index (κ1) is 10.0. The summed E-state index contributed by atoms with van der Waals surface area (Å²) in [5.41, 5.74) is 4.12. The second-order valence-electron chi connectivity index (χ2n) is 3.50. The molecule has 0 spiro atoms. The predicted molar refractivity (Wildman–Crippen MR) is 59.9 cm³/mol. The standard InChI is InChI=1S/C13H18/c1-4-5-6-10-13-11(2)8-7-9-12(13)3/h6-10H,4-5H2,1-3H3. The largest absolute Gasteiger partial charge is 0.0839 e. The van der Waals surface area contributed by atoms with Crippen molar-refractivity contribution in [2.75, 3.05) is 0 Å². The third-order valence-electron chi connectivity index (χ3n) is 2.28. The third kappa shape index (κ3) is 2.73. The van der Waals surface area contributed by atoms with Gasteiger partial charge in [-0.15, -0.1) is 0 Å². The van der Waals surface area contributed by atoms with Gasteiger partial charge in [-0.3, -0.25) is 0 Å². The number of aryl methyl sites for hydroxylation is 2. The molecule has 0 saturated heterocycles. The maximum Gasteiger partial charge on any atom is -0.0201 e. The highest BCUT2D eigenvalue weighted by Gasteiger charge is 1.95. The summed E-state index contributed by atoms with van der Waals surface area (Å²) < 4.78 is 0. The molecule has 13 heavy (non-hydrogen) atoms. The maximum atomic E-state index is 2.26. The fourth-order valence-corrected chi connectivity index (χ4v) is 1.46. The molecule has 0 heterocycles. The van der Waals surface area contributed by atoms with Gasteiger partial charge in [0.1, 0.15) is 0 Å². The molecule has 0 unspecified atom stereocenters. The summed E-state index contributed by atoms with van der Waals surface area (Å²) >= 11 is 0. The SMILES string of the molecule is CCCC=Cc1c(C)cccc1C. The normalized spacial score (nSPS) is 11.0. The van der Waals surface area contributed by atoms with Crippen molar-refractivity contribution in [1.82, 2.24) is 0 Å². The Morgan fingerprint density at radius 3 is 2.31 bits per heavy atom. The van der Waals surface area contributed by atoms with E-state index >= 15 is 0 Å². The molecule has 70 valence electrons. The zero-order chi connectivity index (χ0) is 9.68. The number of hydrogen-bond donors (Lipinski definition) is 0. The quantitative estimate of drug-likeness (QED) is 0.646. The van der Waals surface area contributed by atoms with Gasteiger partial charge in [0.2, 0.25) is 0 Å². The molecule has 1 aromatic carbocycles. The Morgan fingerprint density at radius 1 is 1.15 bits per heavy atom. The van der Waals surface area contributed by atoms with E-state index in [1.54, 1.807) is 0 Å². The Balaban J connectivity index is 2.87. The first-order valence-electron chi connectivity index (χ1n) is 4.98. The van der Waals surface area contributed by atoms with Crippen molar-refractivity contribution in [3.63, 3.8) is 0 Å². The molecule has 0 aliphatic rings. The van der Waals surface area contributed by atoms with Crippen LogP contribution in [0, 0.1) is 13.8 Å². The molecule has 0 heteroatoms. The van der Waals surface area contributed by atoms with Gasteiger partial charge in [-0.05, 0) is 37.0 Å². The molecule has 1 rings (SSSR count). The molecule has 0 bridgehead atoms. The van der Waals surface area contributed by atoms with Gasteiger partial charge in [0.15, 0.2) is 0 Å². The molecular formula is C13H18. The fourth-order valence-electron chi connectivity index (χ4n) is 1.46. The molecule has 0 aromatic heterocycles. The zero-order valence-electron chi connectivity index (χ0n) is 8.80. The van der Waals surface area contributed by atoms with Crippen molar-refractivity contribution in [3.8, 4) is 0 Å². The van der Waals surface area contributed by atoms with Crippen LogP contribution in [-0.4, -0.2) is 0 Å². The number of rotatable bonds is 3. The van der Waals surface area contributed by atoms with Gasteiger partial charge >= 0.3 is 0 Å². The molecule has 0 aliphatic heterocycles. The van der Waals surface area contributed by atoms with E-state index in [-0.39, 0.29) is 0 Å². The fraction of sp³-hybridized carbons (Fsp3) is 0.385. The molecule has 1 aromatic rings. The Hall–Kier alpha value is -1.04. The van der Waals surface area contributed by atoms with E-state index in [9.17, 15) is 0 Å². The second-order valence-corrected chi connectivity index (χ2v) is 3.50. The van der Waals surface area contributed by atoms with Crippen LogP contribution in [0.3, 0.4) is 0 Å². The van der Waals surface area contributed by atoms with E-state index in [0.717, 1.165) is 0 Å². The number of hydrogen-bond acceptors (Lipinski definition) is 0.